The summed E-state index contributed by atoms with van der Waals surface area (Å²) in [4.78, 5) is 0. The number of benzene rings is 1. The molecule has 2 heteroatoms. The lowest BCUT2D eigenvalue weighted by Gasteiger charge is -2.05. The third-order valence-corrected chi connectivity index (χ3v) is 2.16. The van der Waals surface area contributed by atoms with Crippen molar-refractivity contribution < 1.29 is 9.84 Å². The molecular formula is C12H16O2. The Bertz CT molecular complexity index is 277. The molecule has 76 valence electrons. The third kappa shape index (κ3) is 3.23. The van der Waals surface area contributed by atoms with E-state index in [0.29, 0.717) is 0 Å². The molecule has 1 N–H and O–H groups in total. The third-order valence-electron chi connectivity index (χ3n) is 2.16. The lowest BCUT2D eigenvalue weighted by atomic mass is 10.1. The van der Waals surface area contributed by atoms with Crippen LogP contribution in [0.3, 0.4) is 0 Å². The summed E-state index contributed by atoms with van der Waals surface area (Å²) in [5.41, 5.74) is 1.20. The van der Waals surface area contributed by atoms with E-state index in [1.165, 1.54) is 5.56 Å². The summed E-state index contributed by atoms with van der Waals surface area (Å²) in [6.07, 6.45) is 2.73. The van der Waals surface area contributed by atoms with E-state index in [-0.39, 0.29) is 0 Å². The second-order valence-corrected chi connectivity index (χ2v) is 3.19. The lowest BCUT2D eigenvalue weighted by Crippen LogP contribution is -2.02. The highest BCUT2D eigenvalue weighted by atomic mass is 16.5. The predicted molar refractivity (Wildman–Crippen MR) is 57.5 cm³/mol. The monoisotopic (exact) mass is 192 g/mol. The van der Waals surface area contributed by atoms with Gasteiger partial charge in [-0.3, -0.25) is 0 Å². The van der Waals surface area contributed by atoms with Crippen molar-refractivity contribution in [2.45, 2.75) is 18.9 Å². The standard InChI is InChI=1S/C12H16O2/c1-3-11(13)7-4-10-5-8-12(14-2)9-6-10/h3,5-6,8-9,11,13H,1,4,7H2,2H3. The molecule has 0 amide bonds. The molecule has 0 spiro atoms. The van der Waals surface area contributed by atoms with Crippen molar-refractivity contribution in [2.75, 3.05) is 7.11 Å². The average Bonchev–Trinajstić information content (AvgIpc) is 2.26. The molecule has 1 unspecified atom stereocenters. The Labute approximate surface area is 84.8 Å². The first kappa shape index (κ1) is 10.8. The van der Waals surface area contributed by atoms with Gasteiger partial charge in [-0.1, -0.05) is 18.2 Å². The fourth-order valence-corrected chi connectivity index (χ4v) is 1.22. The second-order valence-electron chi connectivity index (χ2n) is 3.19. The Hall–Kier alpha value is -1.28. The minimum absolute atomic E-state index is 0.405. The average molecular weight is 192 g/mol. The first-order chi connectivity index (χ1) is 6.76. The maximum absolute atomic E-state index is 9.28. The SMILES string of the molecule is C=CC(O)CCc1ccc(OC)cc1. The van der Waals surface area contributed by atoms with E-state index >= 15 is 0 Å². The van der Waals surface area contributed by atoms with Crippen LogP contribution in [-0.4, -0.2) is 18.3 Å². The molecule has 0 bridgehead atoms. The van der Waals surface area contributed by atoms with Gasteiger partial charge < -0.3 is 9.84 Å². The number of rotatable bonds is 5. The van der Waals surface area contributed by atoms with Gasteiger partial charge in [-0.2, -0.15) is 0 Å². The van der Waals surface area contributed by atoms with E-state index < -0.39 is 6.10 Å². The van der Waals surface area contributed by atoms with Gasteiger partial charge in [0.2, 0.25) is 0 Å². The summed E-state index contributed by atoms with van der Waals surface area (Å²) in [6.45, 7) is 3.53. The van der Waals surface area contributed by atoms with Crippen LogP contribution in [0.25, 0.3) is 0 Å². The highest BCUT2D eigenvalue weighted by Gasteiger charge is 1.99. The van der Waals surface area contributed by atoms with Gasteiger partial charge in [0.05, 0.1) is 13.2 Å². The van der Waals surface area contributed by atoms with E-state index in [4.69, 9.17) is 4.74 Å². The van der Waals surface area contributed by atoms with Crippen LogP contribution in [0.1, 0.15) is 12.0 Å². The van der Waals surface area contributed by atoms with Gasteiger partial charge in [0.25, 0.3) is 0 Å². The van der Waals surface area contributed by atoms with Crippen molar-refractivity contribution in [3.05, 3.63) is 42.5 Å². The van der Waals surface area contributed by atoms with Crippen molar-refractivity contribution >= 4 is 0 Å². The summed E-state index contributed by atoms with van der Waals surface area (Å²) in [5, 5.41) is 9.28. The lowest BCUT2D eigenvalue weighted by molar-refractivity contribution is 0.213. The predicted octanol–water partition coefficient (Wildman–Crippen LogP) is 2.17. The molecule has 0 aliphatic rings. The molecule has 14 heavy (non-hydrogen) atoms. The molecule has 0 saturated carbocycles. The molecule has 0 aromatic heterocycles. The van der Waals surface area contributed by atoms with Gasteiger partial charge in [0, 0.05) is 0 Å². The van der Waals surface area contributed by atoms with Crippen molar-refractivity contribution in [1.82, 2.24) is 0 Å². The molecule has 0 aliphatic carbocycles. The molecule has 1 rings (SSSR count). The molecule has 0 radical (unpaired) electrons. The Morgan fingerprint density at radius 2 is 2.07 bits per heavy atom. The van der Waals surface area contributed by atoms with Gasteiger partial charge in [-0.25, -0.2) is 0 Å². The molecule has 1 aromatic carbocycles. The molecular weight excluding hydrogens is 176 g/mol. The highest BCUT2D eigenvalue weighted by Crippen LogP contribution is 2.13. The molecule has 1 aromatic rings. The Kier molecular flexibility index (Phi) is 4.20. The topological polar surface area (TPSA) is 29.5 Å². The van der Waals surface area contributed by atoms with Crippen LogP contribution in [0.5, 0.6) is 5.75 Å². The normalized spacial score (nSPS) is 12.1. The summed E-state index contributed by atoms with van der Waals surface area (Å²) in [7, 11) is 1.65. The van der Waals surface area contributed by atoms with Crippen molar-refractivity contribution in [3.63, 3.8) is 0 Å². The van der Waals surface area contributed by atoms with E-state index in [0.717, 1.165) is 18.6 Å². The quantitative estimate of drug-likeness (QED) is 0.724. The first-order valence-corrected chi connectivity index (χ1v) is 4.70. The van der Waals surface area contributed by atoms with Gasteiger partial charge >= 0.3 is 0 Å². The summed E-state index contributed by atoms with van der Waals surface area (Å²) < 4.78 is 5.05. The van der Waals surface area contributed by atoms with E-state index in [2.05, 4.69) is 6.58 Å². The van der Waals surface area contributed by atoms with Crippen LogP contribution < -0.4 is 4.74 Å². The number of aliphatic hydroxyl groups excluding tert-OH is 1. The number of hydrogen-bond acceptors (Lipinski definition) is 2. The largest absolute Gasteiger partial charge is 0.497 e. The second kappa shape index (κ2) is 5.45. The minimum Gasteiger partial charge on any atom is -0.497 e. The zero-order chi connectivity index (χ0) is 10.4. The summed E-state index contributed by atoms with van der Waals surface area (Å²) >= 11 is 0. The molecule has 2 nitrogen and oxygen atoms in total. The fraction of sp³-hybridized carbons (Fsp3) is 0.333. The molecule has 0 saturated heterocycles. The van der Waals surface area contributed by atoms with Gasteiger partial charge in [-0.05, 0) is 30.5 Å². The van der Waals surface area contributed by atoms with E-state index in [9.17, 15) is 5.11 Å². The van der Waals surface area contributed by atoms with Crippen LogP contribution in [0.4, 0.5) is 0 Å². The van der Waals surface area contributed by atoms with Crippen molar-refractivity contribution in [1.29, 1.82) is 0 Å². The van der Waals surface area contributed by atoms with Crippen LogP contribution in [-0.2, 0) is 6.42 Å². The van der Waals surface area contributed by atoms with Gasteiger partial charge in [-0.15, -0.1) is 6.58 Å². The summed E-state index contributed by atoms with van der Waals surface area (Å²) in [6, 6.07) is 7.87. The Balaban J connectivity index is 2.47. The van der Waals surface area contributed by atoms with Gasteiger partial charge in [0.15, 0.2) is 0 Å². The maximum atomic E-state index is 9.28. The molecule has 0 aliphatic heterocycles. The molecule has 1 atom stereocenters. The first-order valence-electron chi connectivity index (χ1n) is 4.70. The molecule has 0 heterocycles. The van der Waals surface area contributed by atoms with Gasteiger partial charge in [0.1, 0.15) is 5.75 Å². The zero-order valence-corrected chi connectivity index (χ0v) is 8.44. The Morgan fingerprint density at radius 3 is 2.57 bits per heavy atom. The number of aryl methyl sites for hydroxylation is 1. The van der Waals surface area contributed by atoms with Crippen LogP contribution in [0.15, 0.2) is 36.9 Å². The van der Waals surface area contributed by atoms with E-state index in [1.54, 1.807) is 13.2 Å². The van der Waals surface area contributed by atoms with Crippen LogP contribution in [0.2, 0.25) is 0 Å². The highest BCUT2D eigenvalue weighted by molar-refractivity contribution is 5.27. The van der Waals surface area contributed by atoms with Crippen LogP contribution >= 0.6 is 0 Å². The summed E-state index contributed by atoms with van der Waals surface area (Å²) in [5.74, 6) is 0.859. The molecule has 0 fully saturated rings. The maximum Gasteiger partial charge on any atom is 0.118 e. The number of aliphatic hydroxyl groups is 1. The zero-order valence-electron chi connectivity index (χ0n) is 8.44. The van der Waals surface area contributed by atoms with E-state index in [1.807, 2.05) is 24.3 Å². The minimum atomic E-state index is -0.405. The van der Waals surface area contributed by atoms with Crippen molar-refractivity contribution in [3.8, 4) is 5.75 Å². The number of ether oxygens (including phenoxy) is 1. The Morgan fingerprint density at radius 1 is 1.43 bits per heavy atom. The number of hydrogen-bond donors (Lipinski definition) is 1. The number of methoxy groups -OCH3 is 1. The van der Waals surface area contributed by atoms with Crippen molar-refractivity contribution in [2.24, 2.45) is 0 Å². The smallest absolute Gasteiger partial charge is 0.118 e. The fourth-order valence-electron chi connectivity index (χ4n) is 1.22. The van der Waals surface area contributed by atoms with Crippen LogP contribution in [0, 0.1) is 0 Å².